The molecule has 1 heterocycles. The summed E-state index contributed by atoms with van der Waals surface area (Å²) in [5.74, 6) is 0.641. The van der Waals surface area contributed by atoms with Gasteiger partial charge < -0.3 is 9.64 Å². The Morgan fingerprint density at radius 2 is 2.00 bits per heavy atom. The van der Waals surface area contributed by atoms with Gasteiger partial charge in [0.15, 0.2) is 0 Å². The van der Waals surface area contributed by atoms with Gasteiger partial charge in [-0.1, -0.05) is 0 Å². The monoisotopic (exact) mass is 326 g/mol. The number of nitrogens with one attached hydrogen (secondary N) is 1. The highest BCUT2D eigenvalue weighted by Crippen LogP contribution is 2.26. The average Bonchev–Trinajstić information content (AvgIpc) is 2.71. The van der Waals surface area contributed by atoms with Crippen molar-refractivity contribution in [3.8, 4) is 5.75 Å². The Morgan fingerprint density at radius 1 is 1.32 bits per heavy atom. The van der Waals surface area contributed by atoms with Crippen LogP contribution in [0.2, 0.25) is 0 Å². The predicted octanol–water partition coefficient (Wildman–Crippen LogP) is 1.21. The number of aryl methyl sites for hydroxylation is 2. The van der Waals surface area contributed by atoms with Crippen LogP contribution in [0.4, 0.5) is 0 Å². The number of hydrogen-bond acceptors (Lipinski definition) is 4. The van der Waals surface area contributed by atoms with Gasteiger partial charge in [0, 0.05) is 26.1 Å². The molecule has 0 radical (unpaired) electrons. The number of benzene rings is 1. The summed E-state index contributed by atoms with van der Waals surface area (Å²) in [6.45, 7) is 6.36. The second-order valence-electron chi connectivity index (χ2n) is 5.61. The summed E-state index contributed by atoms with van der Waals surface area (Å²) in [6.07, 6.45) is 0.199. The van der Waals surface area contributed by atoms with Gasteiger partial charge in [-0.3, -0.25) is 4.79 Å². The van der Waals surface area contributed by atoms with Crippen LogP contribution in [0.25, 0.3) is 0 Å². The van der Waals surface area contributed by atoms with Gasteiger partial charge in [0.1, 0.15) is 5.75 Å². The maximum atomic E-state index is 12.6. The molecule has 1 N–H and O–H groups in total. The van der Waals surface area contributed by atoms with Crippen LogP contribution in [0.3, 0.4) is 0 Å². The maximum absolute atomic E-state index is 12.6. The summed E-state index contributed by atoms with van der Waals surface area (Å²) in [4.78, 5) is 13.3. The molecule has 1 aliphatic heterocycles. The summed E-state index contributed by atoms with van der Waals surface area (Å²) in [7, 11) is -1.99. The Bertz CT molecular complexity index is 685. The highest BCUT2D eigenvalue weighted by atomic mass is 32.2. The largest absolute Gasteiger partial charge is 0.494 e. The van der Waals surface area contributed by atoms with Crippen molar-refractivity contribution in [3.05, 3.63) is 23.3 Å². The van der Waals surface area contributed by atoms with Crippen molar-refractivity contribution in [2.45, 2.75) is 38.1 Å². The number of nitrogens with zero attached hydrogens (tertiary/aromatic N) is 1. The van der Waals surface area contributed by atoms with E-state index in [0.717, 1.165) is 5.56 Å². The van der Waals surface area contributed by atoms with E-state index < -0.39 is 10.0 Å². The molecular formula is C15H22N2O4S. The van der Waals surface area contributed by atoms with Crippen molar-refractivity contribution in [2.24, 2.45) is 0 Å². The van der Waals surface area contributed by atoms with Gasteiger partial charge in [-0.15, -0.1) is 0 Å². The van der Waals surface area contributed by atoms with Gasteiger partial charge in [-0.25, -0.2) is 13.1 Å². The van der Waals surface area contributed by atoms with Crippen molar-refractivity contribution < 1.29 is 17.9 Å². The number of carbonyl (C=O) groups is 1. The normalized spacial score (nSPS) is 18.8. The van der Waals surface area contributed by atoms with Crippen LogP contribution >= 0.6 is 0 Å². The molecule has 1 atom stereocenters. The van der Waals surface area contributed by atoms with Gasteiger partial charge >= 0.3 is 0 Å². The number of likely N-dealkylation sites (N-methyl/N-ethyl adjacent to an activating group) is 1. The number of ether oxygens (including phenoxy) is 1. The van der Waals surface area contributed by atoms with E-state index in [-0.39, 0.29) is 23.3 Å². The van der Waals surface area contributed by atoms with Crippen molar-refractivity contribution in [2.75, 3.05) is 20.2 Å². The second-order valence-corrected chi connectivity index (χ2v) is 7.30. The lowest BCUT2D eigenvalue weighted by molar-refractivity contribution is -0.126. The Hall–Kier alpha value is -1.60. The number of hydrogen-bond donors (Lipinski definition) is 1. The Kier molecular flexibility index (Phi) is 4.77. The fraction of sp³-hybridized carbons (Fsp3) is 0.533. The van der Waals surface area contributed by atoms with Crippen molar-refractivity contribution in [3.63, 3.8) is 0 Å². The van der Waals surface area contributed by atoms with E-state index >= 15 is 0 Å². The predicted molar refractivity (Wildman–Crippen MR) is 83.4 cm³/mol. The van der Waals surface area contributed by atoms with E-state index in [4.69, 9.17) is 4.74 Å². The molecule has 1 unspecified atom stereocenters. The molecule has 1 aliphatic rings. The first-order valence-corrected chi connectivity index (χ1v) is 8.73. The number of likely N-dealkylation sites (tertiary alicyclic amines) is 1. The van der Waals surface area contributed by atoms with Crippen LogP contribution in [0, 0.1) is 13.8 Å². The lowest BCUT2D eigenvalue weighted by atomic mass is 10.1. The molecule has 0 saturated carbocycles. The van der Waals surface area contributed by atoms with E-state index in [2.05, 4.69) is 4.72 Å². The van der Waals surface area contributed by atoms with Crippen LogP contribution < -0.4 is 9.46 Å². The van der Waals surface area contributed by atoms with Crippen LogP contribution in [-0.2, 0) is 14.8 Å². The second kappa shape index (κ2) is 6.26. The molecule has 7 heteroatoms. The van der Waals surface area contributed by atoms with Crippen molar-refractivity contribution in [1.82, 2.24) is 9.62 Å². The van der Waals surface area contributed by atoms with E-state index in [1.54, 1.807) is 26.1 Å². The van der Waals surface area contributed by atoms with Crippen molar-refractivity contribution >= 4 is 15.9 Å². The minimum atomic E-state index is -3.66. The van der Waals surface area contributed by atoms with Crippen molar-refractivity contribution in [1.29, 1.82) is 0 Å². The molecule has 1 aromatic carbocycles. The van der Waals surface area contributed by atoms with Gasteiger partial charge in [0.25, 0.3) is 0 Å². The third-order valence-electron chi connectivity index (χ3n) is 3.72. The Labute approximate surface area is 131 Å². The molecule has 1 aromatic rings. The molecule has 122 valence electrons. The van der Waals surface area contributed by atoms with E-state index in [0.29, 0.717) is 24.5 Å². The molecule has 1 saturated heterocycles. The summed E-state index contributed by atoms with van der Waals surface area (Å²) < 4.78 is 33.2. The van der Waals surface area contributed by atoms with Gasteiger partial charge in [-0.2, -0.15) is 0 Å². The van der Waals surface area contributed by atoms with Crippen LogP contribution in [-0.4, -0.2) is 45.5 Å². The minimum absolute atomic E-state index is 0.0488. The molecule has 0 bridgehead atoms. The fourth-order valence-electron chi connectivity index (χ4n) is 2.59. The van der Waals surface area contributed by atoms with Gasteiger partial charge in [0.05, 0.1) is 11.5 Å². The number of amides is 1. The first-order valence-electron chi connectivity index (χ1n) is 7.25. The molecule has 2 rings (SSSR count). The van der Waals surface area contributed by atoms with Crippen LogP contribution in [0.1, 0.15) is 24.5 Å². The van der Waals surface area contributed by atoms with Crippen LogP contribution in [0.15, 0.2) is 17.0 Å². The fourth-order valence-corrected chi connectivity index (χ4v) is 4.13. The lowest BCUT2D eigenvalue weighted by Crippen LogP contribution is -2.36. The van der Waals surface area contributed by atoms with E-state index in [1.165, 1.54) is 4.90 Å². The van der Waals surface area contributed by atoms with Gasteiger partial charge in [0.2, 0.25) is 15.9 Å². The lowest BCUT2D eigenvalue weighted by Gasteiger charge is -2.16. The average molecular weight is 326 g/mol. The Balaban J connectivity index is 2.26. The summed E-state index contributed by atoms with van der Waals surface area (Å²) in [5, 5.41) is 0. The summed E-state index contributed by atoms with van der Waals surface area (Å²) >= 11 is 0. The molecule has 6 nitrogen and oxygen atoms in total. The molecule has 1 fully saturated rings. The summed E-state index contributed by atoms with van der Waals surface area (Å²) in [6, 6.07) is 2.97. The number of carbonyl (C=O) groups excluding carboxylic acids is 1. The minimum Gasteiger partial charge on any atom is -0.494 e. The third kappa shape index (κ3) is 3.41. The summed E-state index contributed by atoms with van der Waals surface area (Å²) in [5.41, 5.74) is 1.40. The third-order valence-corrected chi connectivity index (χ3v) is 5.39. The molecule has 0 aliphatic carbocycles. The number of sulfonamides is 1. The van der Waals surface area contributed by atoms with Crippen LogP contribution in [0.5, 0.6) is 5.75 Å². The first-order chi connectivity index (χ1) is 10.2. The molecule has 22 heavy (non-hydrogen) atoms. The maximum Gasteiger partial charge on any atom is 0.241 e. The SMILES string of the molecule is CCOc1cc(C)c(S(=O)(=O)NC2CC(=O)N(C)C2)cc1C. The zero-order valence-electron chi connectivity index (χ0n) is 13.3. The molecule has 0 aromatic heterocycles. The Morgan fingerprint density at radius 3 is 2.55 bits per heavy atom. The molecule has 0 spiro atoms. The van der Waals surface area contributed by atoms with E-state index in [1.807, 2.05) is 13.8 Å². The highest BCUT2D eigenvalue weighted by Gasteiger charge is 2.31. The molecular weight excluding hydrogens is 304 g/mol. The topological polar surface area (TPSA) is 75.7 Å². The zero-order chi connectivity index (χ0) is 16.5. The standard InChI is InChI=1S/C15H22N2O4S/c1-5-21-13-6-11(3)14(7-10(13)2)22(19,20)16-12-8-15(18)17(4)9-12/h6-7,12,16H,5,8-9H2,1-4H3. The first kappa shape index (κ1) is 16.8. The smallest absolute Gasteiger partial charge is 0.241 e. The van der Waals surface area contributed by atoms with E-state index in [9.17, 15) is 13.2 Å². The quantitative estimate of drug-likeness (QED) is 0.882. The number of rotatable bonds is 5. The zero-order valence-corrected chi connectivity index (χ0v) is 14.2. The van der Waals surface area contributed by atoms with Gasteiger partial charge in [-0.05, 0) is 44.0 Å². The molecule has 1 amide bonds. The highest BCUT2D eigenvalue weighted by molar-refractivity contribution is 7.89.